The molecule has 0 radical (unpaired) electrons. The molecule has 138 valence electrons. The minimum absolute atomic E-state index is 0.101. The second-order valence-corrected chi connectivity index (χ2v) is 6.45. The van der Waals surface area contributed by atoms with E-state index in [1.807, 2.05) is 6.07 Å². The summed E-state index contributed by atoms with van der Waals surface area (Å²) in [7, 11) is 3.11. The van der Waals surface area contributed by atoms with Crippen molar-refractivity contribution in [2.24, 2.45) is 0 Å². The van der Waals surface area contributed by atoms with E-state index >= 15 is 0 Å². The zero-order valence-corrected chi connectivity index (χ0v) is 15.3. The standard InChI is InChI=1S/C20H25N3O3/c1-23(18-6-4-3-5-7-18)19(24)17(12-21)14-22-13-15-8-10-16(11-9-15)20(25)26-2/h8-11,14,18,22H,3-7,13H2,1-2H3/b17-14-. The van der Waals surface area contributed by atoms with E-state index in [9.17, 15) is 14.9 Å². The lowest BCUT2D eigenvalue weighted by molar-refractivity contribution is -0.128. The highest BCUT2D eigenvalue weighted by molar-refractivity contribution is 5.97. The maximum absolute atomic E-state index is 12.5. The van der Waals surface area contributed by atoms with Crippen molar-refractivity contribution in [1.82, 2.24) is 10.2 Å². The Hall–Kier alpha value is -2.81. The van der Waals surface area contributed by atoms with E-state index in [1.165, 1.54) is 19.7 Å². The maximum atomic E-state index is 12.5. The van der Waals surface area contributed by atoms with Crippen LogP contribution in [0.1, 0.15) is 48.0 Å². The number of carbonyl (C=O) groups excluding carboxylic acids is 2. The monoisotopic (exact) mass is 355 g/mol. The van der Waals surface area contributed by atoms with Gasteiger partial charge in [0.05, 0.1) is 12.7 Å². The molecule has 1 saturated carbocycles. The lowest BCUT2D eigenvalue weighted by Gasteiger charge is -2.31. The summed E-state index contributed by atoms with van der Waals surface area (Å²) in [6.07, 6.45) is 6.95. The fraction of sp³-hybridized carbons (Fsp3) is 0.450. The Morgan fingerprint density at radius 2 is 1.92 bits per heavy atom. The van der Waals surface area contributed by atoms with Gasteiger partial charge in [-0.05, 0) is 30.5 Å². The molecule has 0 aromatic heterocycles. The third kappa shape index (κ3) is 5.09. The van der Waals surface area contributed by atoms with Crippen molar-refractivity contribution >= 4 is 11.9 Å². The van der Waals surface area contributed by atoms with E-state index in [0.29, 0.717) is 12.1 Å². The van der Waals surface area contributed by atoms with Crippen molar-refractivity contribution in [3.8, 4) is 6.07 Å². The molecule has 26 heavy (non-hydrogen) atoms. The zero-order chi connectivity index (χ0) is 18.9. The first kappa shape index (κ1) is 19.5. The number of likely N-dealkylation sites (N-methyl/N-ethyl adjacent to an activating group) is 1. The molecule has 6 heteroatoms. The molecular weight excluding hydrogens is 330 g/mol. The van der Waals surface area contributed by atoms with Crippen molar-refractivity contribution in [2.45, 2.75) is 44.7 Å². The van der Waals surface area contributed by atoms with Gasteiger partial charge in [-0.3, -0.25) is 4.79 Å². The highest BCUT2D eigenvalue weighted by Gasteiger charge is 2.24. The quantitative estimate of drug-likeness (QED) is 0.482. The molecule has 1 aliphatic carbocycles. The van der Waals surface area contributed by atoms with E-state index in [1.54, 1.807) is 36.2 Å². The van der Waals surface area contributed by atoms with Crippen molar-refractivity contribution in [3.63, 3.8) is 0 Å². The fourth-order valence-corrected chi connectivity index (χ4v) is 3.11. The largest absolute Gasteiger partial charge is 0.465 e. The Labute approximate surface area is 154 Å². The molecule has 0 spiro atoms. The van der Waals surface area contributed by atoms with Gasteiger partial charge < -0.3 is 15.0 Å². The van der Waals surface area contributed by atoms with Crippen LogP contribution in [0.5, 0.6) is 0 Å². The number of amides is 1. The lowest BCUT2D eigenvalue weighted by Crippen LogP contribution is -2.39. The normalized spacial score (nSPS) is 15.0. The predicted molar refractivity (Wildman–Crippen MR) is 98.0 cm³/mol. The fourth-order valence-electron chi connectivity index (χ4n) is 3.11. The van der Waals surface area contributed by atoms with Crippen LogP contribution in [0, 0.1) is 11.3 Å². The number of nitrogens with one attached hydrogen (secondary N) is 1. The van der Waals surface area contributed by atoms with Gasteiger partial charge >= 0.3 is 5.97 Å². The van der Waals surface area contributed by atoms with Crippen LogP contribution in [0.15, 0.2) is 36.0 Å². The first-order valence-corrected chi connectivity index (χ1v) is 8.85. The summed E-state index contributed by atoms with van der Waals surface area (Å²) in [6, 6.07) is 9.17. The molecule has 1 aromatic rings. The average Bonchev–Trinajstić information content (AvgIpc) is 2.70. The number of hydrogen-bond acceptors (Lipinski definition) is 5. The number of ether oxygens (including phenoxy) is 1. The molecule has 0 aliphatic heterocycles. The van der Waals surface area contributed by atoms with Crippen molar-refractivity contribution in [2.75, 3.05) is 14.2 Å². The van der Waals surface area contributed by atoms with Crippen LogP contribution in [0.3, 0.4) is 0 Å². The lowest BCUT2D eigenvalue weighted by atomic mass is 9.94. The highest BCUT2D eigenvalue weighted by atomic mass is 16.5. The summed E-state index contributed by atoms with van der Waals surface area (Å²) in [5.74, 6) is -0.625. The van der Waals surface area contributed by atoms with Crippen LogP contribution in [-0.2, 0) is 16.1 Å². The number of nitrogens with zero attached hydrogens (tertiary/aromatic N) is 2. The van der Waals surface area contributed by atoms with Gasteiger partial charge in [0.25, 0.3) is 5.91 Å². The minimum atomic E-state index is -0.382. The number of esters is 1. The molecule has 6 nitrogen and oxygen atoms in total. The smallest absolute Gasteiger partial charge is 0.337 e. The summed E-state index contributed by atoms with van der Waals surface area (Å²) < 4.78 is 4.66. The van der Waals surface area contributed by atoms with Crippen molar-refractivity contribution < 1.29 is 14.3 Å². The van der Waals surface area contributed by atoms with Crippen LogP contribution in [-0.4, -0.2) is 37.0 Å². The molecule has 1 aliphatic rings. The van der Waals surface area contributed by atoms with Crippen LogP contribution in [0.25, 0.3) is 0 Å². The molecule has 1 fully saturated rings. The van der Waals surface area contributed by atoms with Gasteiger partial charge in [-0.2, -0.15) is 5.26 Å². The third-order valence-electron chi connectivity index (χ3n) is 4.72. The second kappa shape index (κ2) is 9.62. The summed E-state index contributed by atoms with van der Waals surface area (Å²) in [4.78, 5) is 25.6. The Morgan fingerprint density at radius 1 is 1.27 bits per heavy atom. The number of nitriles is 1. The van der Waals surface area contributed by atoms with E-state index in [2.05, 4.69) is 10.1 Å². The highest BCUT2D eigenvalue weighted by Crippen LogP contribution is 2.22. The molecule has 1 amide bonds. The molecule has 0 unspecified atom stereocenters. The van der Waals surface area contributed by atoms with Crippen molar-refractivity contribution in [1.29, 1.82) is 5.26 Å². The van der Waals surface area contributed by atoms with Gasteiger partial charge in [-0.25, -0.2) is 4.79 Å². The number of carbonyl (C=O) groups is 2. The molecule has 0 atom stereocenters. The van der Waals surface area contributed by atoms with Gasteiger partial charge in [-0.15, -0.1) is 0 Å². The summed E-state index contributed by atoms with van der Waals surface area (Å²) in [6.45, 7) is 0.451. The number of methoxy groups -OCH3 is 1. The van der Waals surface area contributed by atoms with E-state index in [4.69, 9.17) is 0 Å². The Balaban J connectivity index is 1.93. The first-order valence-electron chi connectivity index (χ1n) is 8.85. The first-order chi connectivity index (χ1) is 12.6. The molecule has 2 rings (SSSR count). The Bertz CT molecular complexity index is 698. The summed E-state index contributed by atoms with van der Waals surface area (Å²) in [5, 5.41) is 12.3. The number of hydrogen-bond donors (Lipinski definition) is 1. The summed E-state index contributed by atoms with van der Waals surface area (Å²) >= 11 is 0. The average molecular weight is 355 g/mol. The van der Waals surface area contributed by atoms with Crippen LogP contribution < -0.4 is 5.32 Å². The predicted octanol–water partition coefficient (Wildman–Crippen LogP) is 2.76. The summed E-state index contributed by atoms with van der Waals surface area (Å²) in [5.41, 5.74) is 1.51. The van der Waals surface area contributed by atoms with Crippen LogP contribution in [0.2, 0.25) is 0 Å². The molecule has 1 aromatic carbocycles. The van der Waals surface area contributed by atoms with E-state index in [-0.39, 0.29) is 23.5 Å². The maximum Gasteiger partial charge on any atom is 0.337 e. The van der Waals surface area contributed by atoms with Crippen molar-refractivity contribution in [3.05, 3.63) is 47.2 Å². The molecule has 0 heterocycles. The van der Waals surface area contributed by atoms with Gasteiger partial charge in [0.1, 0.15) is 11.6 Å². The second-order valence-electron chi connectivity index (χ2n) is 6.45. The topological polar surface area (TPSA) is 82.4 Å². The number of benzene rings is 1. The Kier molecular flexibility index (Phi) is 7.22. The van der Waals surface area contributed by atoms with Gasteiger partial charge in [0.2, 0.25) is 0 Å². The van der Waals surface area contributed by atoms with Gasteiger partial charge in [-0.1, -0.05) is 31.4 Å². The van der Waals surface area contributed by atoms with Gasteiger partial charge in [0.15, 0.2) is 0 Å². The molecule has 0 saturated heterocycles. The SMILES string of the molecule is COC(=O)c1ccc(CN/C=C(/C#N)C(=O)N(C)C2CCCCC2)cc1. The zero-order valence-electron chi connectivity index (χ0n) is 15.3. The molecular formula is C20H25N3O3. The van der Waals surface area contributed by atoms with Crippen LogP contribution >= 0.6 is 0 Å². The third-order valence-corrected chi connectivity index (χ3v) is 4.72. The van der Waals surface area contributed by atoms with E-state index < -0.39 is 0 Å². The van der Waals surface area contributed by atoms with E-state index in [0.717, 1.165) is 31.2 Å². The minimum Gasteiger partial charge on any atom is -0.465 e. The molecule has 1 N–H and O–H groups in total. The van der Waals surface area contributed by atoms with Crippen LogP contribution in [0.4, 0.5) is 0 Å². The number of rotatable bonds is 6. The molecule has 0 bridgehead atoms. The Morgan fingerprint density at radius 3 is 2.50 bits per heavy atom. The van der Waals surface area contributed by atoms with Gasteiger partial charge in [0, 0.05) is 25.8 Å².